The number of benzene rings is 1. The fourth-order valence-corrected chi connectivity index (χ4v) is 1.50. The summed E-state index contributed by atoms with van der Waals surface area (Å²) in [5, 5.41) is 11.9. The number of phenolic OH excluding ortho intramolecular Hbond substituents is 1. The normalized spacial score (nSPS) is 9.94. The van der Waals surface area contributed by atoms with Crippen LogP contribution >= 0.6 is 0 Å². The van der Waals surface area contributed by atoms with Gasteiger partial charge in [-0.1, -0.05) is 0 Å². The first kappa shape index (κ1) is 14.0. The van der Waals surface area contributed by atoms with Crippen molar-refractivity contribution in [1.29, 1.82) is 0 Å². The smallest absolute Gasteiger partial charge is 0.251 e. The molecule has 0 heterocycles. The van der Waals surface area contributed by atoms with Crippen molar-refractivity contribution in [2.24, 2.45) is 0 Å². The zero-order valence-electron chi connectivity index (χ0n) is 10.9. The molecule has 5 heteroatoms. The van der Waals surface area contributed by atoms with Crippen LogP contribution in [0.3, 0.4) is 0 Å². The molecule has 1 aromatic rings. The van der Waals surface area contributed by atoms with E-state index >= 15 is 0 Å². The molecular weight excluding hydrogens is 232 g/mol. The van der Waals surface area contributed by atoms with Gasteiger partial charge in [0, 0.05) is 32.6 Å². The Morgan fingerprint density at radius 3 is 2.56 bits per heavy atom. The Labute approximate surface area is 106 Å². The van der Waals surface area contributed by atoms with Crippen LogP contribution < -0.4 is 5.32 Å². The van der Waals surface area contributed by atoms with E-state index in [1.165, 1.54) is 17.0 Å². The van der Waals surface area contributed by atoms with Gasteiger partial charge >= 0.3 is 0 Å². The van der Waals surface area contributed by atoms with Gasteiger partial charge in [0.1, 0.15) is 5.75 Å². The van der Waals surface area contributed by atoms with E-state index < -0.39 is 0 Å². The summed E-state index contributed by atoms with van der Waals surface area (Å²) in [6, 6.07) is 4.56. The van der Waals surface area contributed by atoms with Gasteiger partial charge in [-0.2, -0.15) is 0 Å². The first-order valence-corrected chi connectivity index (χ1v) is 5.70. The minimum absolute atomic E-state index is 0.0299. The largest absolute Gasteiger partial charge is 0.508 e. The van der Waals surface area contributed by atoms with E-state index in [2.05, 4.69) is 5.32 Å². The van der Waals surface area contributed by atoms with Gasteiger partial charge in [-0.05, 0) is 30.7 Å². The summed E-state index contributed by atoms with van der Waals surface area (Å²) in [6.07, 6.45) is 0.274. The van der Waals surface area contributed by atoms with Crippen molar-refractivity contribution in [1.82, 2.24) is 10.2 Å². The Morgan fingerprint density at radius 1 is 1.33 bits per heavy atom. The molecule has 0 saturated heterocycles. The van der Waals surface area contributed by atoms with Crippen LogP contribution in [0.5, 0.6) is 5.75 Å². The number of amides is 2. The summed E-state index contributed by atoms with van der Waals surface area (Å²) in [7, 11) is 3.35. The molecule has 0 radical (unpaired) electrons. The molecule has 0 aliphatic heterocycles. The van der Waals surface area contributed by atoms with E-state index in [1.807, 2.05) is 0 Å². The van der Waals surface area contributed by atoms with E-state index in [4.69, 9.17) is 0 Å². The van der Waals surface area contributed by atoms with E-state index in [-0.39, 0.29) is 24.0 Å². The lowest BCUT2D eigenvalue weighted by molar-refractivity contribution is -0.128. The number of aromatic hydroxyl groups is 1. The van der Waals surface area contributed by atoms with Gasteiger partial charge in [0.05, 0.1) is 0 Å². The highest BCUT2D eigenvalue weighted by atomic mass is 16.3. The van der Waals surface area contributed by atoms with Crippen molar-refractivity contribution in [3.8, 4) is 5.75 Å². The fraction of sp³-hybridized carbons (Fsp3) is 0.385. The van der Waals surface area contributed by atoms with Crippen LogP contribution in [0, 0.1) is 6.92 Å². The maximum Gasteiger partial charge on any atom is 0.251 e. The number of nitrogens with zero attached hydrogens (tertiary/aromatic N) is 1. The minimum atomic E-state index is -0.237. The van der Waals surface area contributed by atoms with Crippen molar-refractivity contribution in [2.45, 2.75) is 13.3 Å². The number of hydrogen-bond acceptors (Lipinski definition) is 3. The van der Waals surface area contributed by atoms with Gasteiger partial charge in [-0.25, -0.2) is 0 Å². The van der Waals surface area contributed by atoms with Crippen LogP contribution in [-0.2, 0) is 4.79 Å². The number of nitrogens with one attached hydrogen (secondary N) is 1. The molecule has 1 rings (SSSR count). The Hall–Kier alpha value is -2.04. The Balaban J connectivity index is 2.53. The zero-order chi connectivity index (χ0) is 13.7. The third kappa shape index (κ3) is 3.76. The number of carbonyl (C=O) groups excluding carboxylic acids is 2. The highest BCUT2D eigenvalue weighted by molar-refractivity contribution is 5.96. The van der Waals surface area contributed by atoms with E-state index in [0.717, 1.165) is 0 Å². The van der Waals surface area contributed by atoms with E-state index in [0.29, 0.717) is 17.7 Å². The molecule has 2 amide bonds. The molecule has 0 saturated carbocycles. The second-order valence-electron chi connectivity index (χ2n) is 4.29. The average molecular weight is 250 g/mol. The number of phenols is 1. The van der Waals surface area contributed by atoms with E-state index in [1.54, 1.807) is 27.1 Å². The molecule has 0 spiro atoms. The Bertz CT molecular complexity index is 456. The Morgan fingerprint density at radius 2 is 2.00 bits per heavy atom. The molecular formula is C13H18N2O3. The summed E-state index contributed by atoms with van der Waals surface area (Å²) >= 11 is 0. The van der Waals surface area contributed by atoms with Crippen LogP contribution in [0.1, 0.15) is 22.3 Å². The predicted octanol–water partition coefficient (Wildman–Crippen LogP) is 0.909. The molecule has 1 aromatic carbocycles. The van der Waals surface area contributed by atoms with Crippen LogP contribution in [0.2, 0.25) is 0 Å². The molecule has 0 unspecified atom stereocenters. The molecule has 0 aromatic heterocycles. The molecule has 98 valence electrons. The molecule has 0 aliphatic rings. The Kier molecular flexibility index (Phi) is 4.71. The topological polar surface area (TPSA) is 69.6 Å². The highest BCUT2D eigenvalue weighted by Gasteiger charge is 2.10. The standard InChI is InChI=1S/C13H18N2O3/c1-9-8-10(16)4-5-11(9)13(18)14-7-6-12(17)15(2)3/h4-5,8,16H,6-7H2,1-3H3,(H,14,18). The van der Waals surface area contributed by atoms with Crippen LogP contribution in [0.4, 0.5) is 0 Å². The third-order valence-corrected chi connectivity index (χ3v) is 2.58. The molecule has 0 fully saturated rings. The van der Waals surface area contributed by atoms with Gasteiger partial charge in [-0.15, -0.1) is 0 Å². The summed E-state index contributed by atoms with van der Waals surface area (Å²) in [5.74, 6) is -0.136. The van der Waals surface area contributed by atoms with E-state index in [9.17, 15) is 14.7 Å². The molecule has 0 atom stereocenters. The number of rotatable bonds is 4. The first-order chi connectivity index (χ1) is 8.41. The van der Waals surface area contributed by atoms with Crippen molar-refractivity contribution in [3.05, 3.63) is 29.3 Å². The fourth-order valence-electron chi connectivity index (χ4n) is 1.50. The lowest BCUT2D eigenvalue weighted by Crippen LogP contribution is -2.30. The maximum absolute atomic E-state index is 11.8. The second kappa shape index (κ2) is 6.05. The highest BCUT2D eigenvalue weighted by Crippen LogP contribution is 2.15. The number of carbonyl (C=O) groups is 2. The molecule has 0 bridgehead atoms. The van der Waals surface area contributed by atoms with Crippen LogP contribution in [0.25, 0.3) is 0 Å². The maximum atomic E-state index is 11.8. The van der Waals surface area contributed by atoms with Crippen LogP contribution in [0.15, 0.2) is 18.2 Å². The van der Waals surface area contributed by atoms with Crippen molar-refractivity contribution in [3.63, 3.8) is 0 Å². The summed E-state index contributed by atoms with van der Waals surface area (Å²) in [5.41, 5.74) is 1.21. The van der Waals surface area contributed by atoms with Gasteiger partial charge in [0.2, 0.25) is 5.91 Å². The van der Waals surface area contributed by atoms with Gasteiger partial charge in [-0.3, -0.25) is 9.59 Å². The SMILES string of the molecule is Cc1cc(O)ccc1C(=O)NCCC(=O)N(C)C. The van der Waals surface area contributed by atoms with Crippen molar-refractivity contribution in [2.75, 3.05) is 20.6 Å². The van der Waals surface area contributed by atoms with Gasteiger partial charge < -0.3 is 15.3 Å². The average Bonchev–Trinajstić information content (AvgIpc) is 2.28. The molecule has 18 heavy (non-hydrogen) atoms. The molecule has 2 N–H and O–H groups in total. The number of hydrogen-bond donors (Lipinski definition) is 2. The molecule has 5 nitrogen and oxygen atoms in total. The third-order valence-electron chi connectivity index (χ3n) is 2.58. The summed E-state index contributed by atoms with van der Waals surface area (Å²) in [4.78, 5) is 24.6. The van der Waals surface area contributed by atoms with Crippen molar-refractivity contribution >= 4 is 11.8 Å². The van der Waals surface area contributed by atoms with Crippen molar-refractivity contribution < 1.29 is 14.7 Å². The quantitative estimate of drug-likeness (QED) is 0.834. The van der Waals surface area contributed by atoms with Gasteiger partial charge in [0.25, 0.3) is 5.91 Å². The first-order valence-electron chi connectivity index (χ1n) is 5.70. The zero-order valence-corrected chi connectivity index (χ0v) is 10.9. The summed E-state index contributed by atoms with van der Waals surface area (Å²) < 4.78 is 0. The van der Waals surface area contributed by atoms with Gasteiger partial charge in [0.15, 0.2) is 0 Å². The molecule has 0 aliphatic carbocycles. The predicted molar refractivity (Wildman–Crippen MR) is 68.5 cm³/mol. The number of aryl methyl sites for hydroxylation is 1. The lowest BCUT2D eigenvalue weighted by Gasteiger charge is -2.11. The monoisotopic (exact) mass is 250 g/mol. The lowest BCUT2D eigenvalue weighted by atomic mass is 10.1. The second-order valence-corrected chi connectivity index (χ2v) is 4.29. The summed E-state index contributed by atoms with van der Waals surface area (Å²) in [6.45, 7) is 2.05. The van der Waals surface area contributed by atoms with Crippen LogP contribution in [-0.4, -0.2) is 42.5 Å². The minimum Gasteiger partial charge on any atom is -0.508 e.